The molecule has 5 rings (SSSR count). The summed E-state index contributed by atoms with van der Waals surface area (Å²) in [5, 5.41) is 0.399. The zero-order valence-electron chi connectivity index (χ0n) is 14.2. The number of nitrogens with zero attached hydrogens (tertiary/aromatic N) is 2. The molecule has 1 saturated carbocycles. The van der Waals surface area contributed by atoms with Gasteiger partial charge in [0.25, 0.3) is 5.91 Å². The van der Waals surface area contributed by atoms with Gasteiger partial charge in [-0.1, -0.05) is 41.9 Å². The number of fused-ring (bicyclic) bond motifs is 1. The number of rotatable bonds is 3. The highest BCUT2D eigenvalue weighted by Gasteiger charge is 2.63. The van der Waals surface area contributed by atoms with Crippen LogP contribution in [0.4, 0.5) is 0 Å². The first-order chi connectivity index (χ1) is 12.6. The molecule has 0 radical (unpaired) electrons. The number of amides is 1. The van der Waals surface area contributed by atoms with Gasteiger partial charge in [0, 0.05) is 25.1 Å². The molecule has 2 atom stereocenters. The third-order valence-corrected chi connectivity index (χ3v) is 5.83. The van der Waals surface area contributed by atoms with E-state index in [-0.39, 0.29) is 24.3 Å². The highest BCUT2D eigenvalue weighted by molar-refractivity contribution is 6.29. The second-order valence-electron chi connectivity index (χ2n) is 7.25. The maximum absolute atomic E-state index is 13.1. The Morgan fingerprint density at radius 1 is 1.19 bits per heavy atom. The van der Waals surface area contributed by atoms with Crippen LogP contribution in [0.2, 0.25) is 5.15 Å². The van der Waals surface area contributed by atoms with Crippen molar-refractivity contribution in [3.63, 3.8) is 0 Å². The first-order valence-electron chi connectivity index (χ1n) is 8.98. The zero-order valence-corrected chi connectivity index (χ0v) is 14.9. The van der Waals surface area contributed by atoms with Gasteiger partial charge in [-0.15, -0.1) is 0 Å². The molecular formula is C20H19ClN2O3. The molecule has 2 aromatic rings. The Labute approximate surface area is 156 Å². The maximum atomic E-state index is 13.1. The average Bonchev–Trinajstić information content (AvgIpc) is 3.14. The molecule has 0 N–H and O–H groups in total. The fourth-order valence-electron chi connectivity index (χ4n) is 4.40. The minimum atomic E-state index is -0.709. The van der Waals surface area contributed by atoms with E-state index in [9.17, 15) is 4.79 Å². The number of carbonyl (C=O) groups is 1. The normalized spacial score (nSPS) is 32.6. The highest BCUT2D eigenvalue weighted by Crippen LogP contribution is 2.51. The third kappa shape index (κ3) is 2.49. The smallest absolute Gasteiger partial charge is 0.257 e. The van der Waals surface area contributed by atoms with E-state index in [4.69, 9.17) is 21.1 Å². The summed E-state index contributed by atoms with van der Waals surface area (Å²) in [5.41, 5.74) is 0.474. The Morgan fingerprint density at radius 2 is 2.00 bits per heavy atom. The summed E-state index contributed by atoms with van der Waals surface area (Å²) in [6.45, 7) is 0. The summed E-state index contributed by atoms with van der Waals surface area (Å²) in [4.78, 5) is 19.0. The Kier molecular flexibility index (Phi) is 3.69. The Hall–Kier alpha value is -2.11. The second-order valence-corrected chi connectivity index (χ2v) is 7.63. The molecule has 6 heteroatoms. The van der Waals surface area contributed by atoms with Gasteiger partial charge in [-0.2, -0.15) is 0 Å². The summed E-state index contributed by atoms with van der Waals surface area (Å²) in [6, 6.07) is 13.8. The van der Waals surface area contributed by atoms with Crippen LogP contribution < -0.4 is 4.74 Å². The number of pyridine rings is 1. The number of ether oxygens (including phenoxy) is 2. The van der Waals surface area contributed by atoms with Gasteiger partial charge in [-0.3, -0.25) is 4.79 Å². The zero-order chi connectivity index (χ0) is 17.7. The molecule has 2 aliphatic heterocycles. The first kappa shape index (κ1) is 16.1. The lowest BCUT2D eigenvalue weighted by atomic mass is 9.76. The summed E-state index contributed by atoms with van der Waals surface area (Å²) < 4.78 is 12.1. The Bertz CT molecular complexity index is 838. The molecule has 5 nitrogen and oxygen atoms in total. The van der Waals surface area contributed by atoms with Crippen LogP contribution in [0.5, 0.6) is 5.75 Å². The van der Waals surface area contributed by atoms with Crippen LogP contribution in [0.1, 0.15) is 37.3 Å². The minimum Gasteiger partial charge on any atom is -0.490 e. The van der Waals surface area contributed by atoms with E-state index in [2.05, 4.69) is 17.1 Å². The molecule has 1 aromatic heterocycles. The number of hydrogen-bond donors (Lipinski definition) is 0. The van der Waals surface area contributed by atoms with E-state index in [0.717, 1.165) is 12.8 Å². The third-order valence-electron chi connectivity index (χ3n) is 5.62. The van der Waals surface area contributed by atoms with Gasteiger partial charge in [0.1, 0.15) is 23.2 Å². The maximum Gasteiger partial charge on any atom is 0.257 e. The molecule has 0 unspecified atom stereocenters. The number of hydrogen-bond acceptors (Lipinski definition) is 4. The molecule has 3 aliphatic rings. The second kappa shape index (κ2) is 5.96. The van der Waals surface area contributed by atoms with E-state index in [1.54, 1.807) is 18.3 Å². The van der Waals surface area contributed by atoms with Crippen molar-refractivity contribution in [3.05, 3.63) is 59.4 Å². The number of benzene rings is 1. The molecule has 0 bridgehead atoms. The molecular weight excluding hydrogens is 352 g/mol. The van der Waals surface area contributed by atoms with Crippen molar-refractivity contribution in [2.24, 2.45) is 0 Å². The van der Waals surface area contributed by atoms with Crippen LogP contribution >= 0.6 is 11.6 Å². The molecule has 1 aromatic carbocycles. The van der Waals surface area contributed by atoms with Crippen LogP contribution in [-0.4, -0.2) is 33.7 Å². The molecule has 1 spiro atoms. The van der Waals surface area contributed by atoms with Crippen LogP contribution in [0.3, 0.4) is 0 Å². The summed E-state index contributed by atoms with van der Waals surface area (Å²) in [7, 11) is 0. The van der Waals surface area contributed by atoms with Crippen molar-refractivity contribution in [1.82, 2.24) is 9.88 Å². The average molecular weight is 371 g/mol. The summed E-state index contributed by atoms with van der Waals surface area (Å²) >= 11 is 5.90. The SMILES string of the molecule is O=C1N2[C@@H](CC[C@H]2c2ccccc2)OC12CC(Oc1ccnc(Cl)c1)C2. The lowest BCUT2D eigenvalue weighted by molar-refractivity contribution is -0.162. The molecule has 1 amide bonds. The van der Waals surface area contributed by atoms with E-state index in [0.29, 0.717) is 23.7 Å². The Balaban J connectivity index is 1.29. The minimum absolute atomic E-state index is 0.0346. The lowest BCUT2D eigenvalue weighted by Gasteiger charge is -2.42. The Morgan fingerprint density at radius 3 is 2.77 bits per heavy atom. The van der Waals surface area contributed by atoms with Gasteiger partial charge in [0.05, 0.1) is 6.04 Å². The molecule has 134 valence electrons. The van der Waals surface area contributed by atoms with Crippen molar-refractivity contribution in [3.8, 4) is 5.75 Å². The standard InChI is InChI=1S/C20H19ClN2O3/c21-17-10-14(8-9-22-17)25-15-11-20(12-15)19(24)23-16(6-7-18(23)26-20)13-4-2-1-3-5-13/h1-5,8-10,15-16,18H,6-7,11-12H2/t15?,16-,18+,20?/m0/s1. The summed E-state index contributed by atoms with van der Waals surface area (Å²) in [6.07, 6.45) is 4.48. The van der Waals surface area contributed by atoms with E-state index < -0.39 is 5.60 Å². The van der Waals surface area contributed by atoms with E-state index >= 15 is 0 Å². The number of aromatic nitrogens is 1. The molecule has 2 saturated heterocycles. The summed E-state index contributed by atoms with van der Waals surface area (Å²) in [5.74, 6) is 0.791. The van der Waals surface area contributed by atoms with Gasteiger partial charge in [0.2, 0.25) is 0 Å². The first-order valence-corrected chi connectivity index (χ1v) is 9.36. The van der Waals surface area contributed by atoms with E-state index in [1.165, 1.54) is 5.56 Å². The van der Waals surface area contributed by atoms with Crippen molar-refractivity contribution in [2.45, 2.75) is 49.7 Å². The highest BCUT2D eigenvalue weighted by atomic mass is 35.5. The molecule has 3 fully saturated rings. The van der Waals surface area contributed by atoms with Gasteiger partial charge < -0.3 is 14.4 Å². The number of halogens is 1. The van der Waals surface area contributed by atoms with Crippen molar-refractivity contribution >= 4 is 17.5 Å². The fraction of sp³-hybridized carbons (Fsp3) is 0.400. The van der Waals surface area contributed by atoms with Crippen molar-refractivity contribution in [1.29, 1.82) is 0 Å². The van der Waals surface area contributed by atoms with Crippen molar-refractivity contribution in [2.75, 3.05) is 0 Å². The van der Waals surface area contributed by atoms with Crippen LogP contribution in [0.15, 0.2) is 48.7 Å². The predicted molar refractivity (Wildman–Crippen MR) is 95.8 cm³/mol. The largest absolute Gasteiger partial charge is 0.490 e. The van der Waals surface area contributed by atoms with Crippen LogP contribution in [0, 0.1) is 0 Å². The quantitative estimate of drug-likeness (QED) is 0.772. The molecule has 26 heavy (non-hydrogen) atoms. The van der Waals surface area contributed by atoms with Gasteiger partial charge >= 0.3 is 0 Å². The predicted octanol–water partition coefficient (Wildman–Crippen LogP) is 3.74. The number of carbonyl (C=O) groups excluding carboxylic acids is 1. The van der Waals surface area contributed by atoms with Gasteiger partial charge in [-0.05, 0) is 24.5 Å². The van der Waals surface area contributed by atoms with Crippen LogP contribution in [-0.2, 0) is 9.53 Å². The molecule has 3 heterocycles. The molecule has 1 aliphatic carbocycles. The van der Waals surface area contributed by atoms with Gasteiger partial charge in [-0.25, -0.2) is 4.98 Å². The fourth-order valence-corrected chi connectivity index (χ4v) is 4.56. The van der Waals surface area contributed by atoms with E-state index in [1.807, 2.05) is 23.1 Å². The van der Waals surface area contributed by atoms with Gasteiger partial charge in [0.15, 0.2) is 5.60 Å². The lowest BCUT2D eigenvalue weighted by Crippen LogP contribution is -2.55. The monoisotopic (exact) mass is 370 g/mol. The topological polar surface area (TPSA) is 51.7 Å². The van der Waals surface area contributed by atoms with Crippen LogP contribution in [0.25, 0.3) is 0 Å². The van der Waals surface area contributed by atoms with Crippen molar-refractivity contribution < 1.29 is 14.3 Å².